The molecule has 0 spiro atoms. The Labute approximate surface area is 387 Å². The van der Waals surface area contributed by atoms with Gasteiger partial charge in [0.25, 0.3) is 0 Å². The molecule has 5 nitrogen and oxygen atoms in total. The van der Waals surface area contributed by atoms with E-state index in [0.717, 1.165) is 56.7 Å². The SMILES string of the molecule is CC1(C2=NC(c3cccc4ccccc34)=NC(c3ccccc3-n3c4ccccc4c4c(-n5c6ccccc6c6c7ccccc7ccc65)c5ccccc5cc43)N2)CC=Cc2ccccc21. The second-order valence-corrected chi connectivity index (χ2v) is 18.3. The van der Waals surface area contributed by atoms with Gasteiger partial charge in [-0.25, -0.2) is 9.98 Å². The minimum Gasteiger partial charge on any atom is -0.347 e. The van der Waals surface area contributed by atoms with Crippen LogP contribution in [0.1, 0.15) is 41.8 Å². The van der Waals surface area contributed by atoms with Crippen molar-refractivity contribution >= 4 is 93.7 Å². The third-order valence-corrected chi connectivity index (χ3v) is 14.6. The number of benzene rings is 10. The fourth-order valence-corrected chi connectivity index (χ4v) is 11.5. The Kier molecular flexibility index (Phi) is 8.17. The normalized spacial score (nSPS) is 17.1. The van der Waals surface area contributed by atoms with Crippen LogP contribution < -0.4 is 5.32 Å². The molecule has 1 N–H and O–H groups in total. The molecule has 5 heteroatoms. The molecule has 0 saturated heterocycles. The van der Waals surface area contributed by atoms with Gasteiger partial charge in [-0.15, -0.1) is 0 Å². The number of aromatic nitrogens is 2. The lowest BCUT2D eigenvalue weighted by Gasteiger charge is -2.38. The molecule has 2 aliphatic rings. The molecule has 0 radical (unpaired) electrons. The number of nitrogens with zero attached hydrogens (tertiary/aromatic N) is 4. The van der Waals surface area contributed by atoms with Gasteiger partial charge >= 0.3 is 0 Å². The second-order valence-electron chi connectivity index (χ2n) is 18.3. The summed E-state index contributed by atoms with van der Waals surface area (Å²) in [6, 6.07) is 75.1. The number of hydrogen-bond acceptors (Lipinski definition) is 3. The van der Waals surface area contributed by atoms with Crippen molar-refractivity contribution in [2.45, 2.75) is 24.9 Å². The highest BCUT2D eigenvalue weighted by molar-refractivity contribution is 6.25. The number of rotatable bonds is 5. The Morgan fingerprint density at radius 3 is 1.97 bits per heavy atom. The summed E-state index contributed by atoms with van der Waals surface area (Å²) in [4.78, 5) is 11.1. The van der Waals surface area contributed by atoms with E-state index in [-0.39, 0.29) is 0 Å². The highest BCUT2D eigenvalue weighted by Crippen LogP contribution is 2.46. The highest BCUT2D eigenvalue weighted by Gasteiger charge is 2.39. The monoisotopic (exact) mass is 857 g/mol. The molecule has 3 heterocycles. The molecule has 67 heavy (non-hydrogen) atoms. The first-order chi connectivity index (χ1) is 33.1. The maximum Gasteiger partial charge on any atom is 0.159 e. The minimum atomic E-state index is -0.450. The number of aliphatic imine (C=N–C) groups is 2. The third kappa shape index (κ3) is 5.55. The molecule has 2 aromatic heterocycles. The molecule has 10 aromatic carbocycles. The van der Waals surface area contributed by atoms with Crippen molar-refractivity contribution in [2.75, 3.05) is 0 Å². The number of para-hydroxylation sites is 3. The van der Waals surface area contributed by atoms with Crippen molar-refractivity contribution in [2.24, 2.45) is 9.98 Å². The Bertz CT molecular complexity index is 4140. The Hall–Kier alpha value is -8.54. The van der Waals surface area contributed by atoms with Gasteiger partial charge in [0.1, 0.15) is 12.0 Å². The zero-order valence-corrected chi connectivity index (χ0v) is 36.9. The first-order valence-electron chi connectivity index (χ1n) is 23.3. The summed E-state index contributed by atoms with van der Waals surface area (Å²) in [5.74, 6) is 1.64. The van der Waals surface area contributed by atoms with Crippen molar-refractivity contribution in [1.82, 2.24) is 14.5 Å². The van der Waals surface area contributed by atoms with Gasteiger partial charge in [0.05, 0.1) is 38.9 Å². The average Bonchev–Trinajstić information content (AvgIpc) is 3.90. The summed E-state index contributed by atoms with van der Waals surface area (Å²) in [6.07, 6.45) is 4.90. The summed E-state index contributed by atoms with van der Waals surface area (Å²) in [6.45, 7) is 2.33. The molecular formula is C62H43N5. The fourth-order valence-electron chi connectivity index (χ4n) is 11.5. The third-order valence-electron chi connectivity index (χ3n) is 14.6. The molecule has 0 saturated carbocycles. The summed E-state index contributed by atoms with van der Waals surface area (Å²) in [7, 11) is 0. The van der Waals surface area contributed by atoms with Crippen LogP contribution in [0.2, 0.25) is 0 Å². The molecular weight excluding hydrogens is 815 g/mol. The molecule has 2 unspecified atom stereocenters. The van der Waals surface area contributed by atoms with E-state index >= 15 is 0 Å². The molecule has 1 aliphatic carbocycles. The van der Waals surface area contributed by atoms with Crippen molar-refractivity contribution in [3.05, 3.63) is 235 Å². The van der Waals surface area contributed by atoms with Gasteiger partial charge < -0.3 is 14.5 Å². The van der Waals surface area contributed by atoms with Gasteiger partial charge in [0, 0.05) is 38.1 Å². The van der Waals surface area contributed by atoms with Crippen LogP contribution in [0.5, 0.6) is 0 Å². The standard InChI is InChI=1S/C62H43N5/c1-62(37-17-23-41-20-5-12-31-50(41)62)61-64-59(46-30-16-22-39-18-2-6-24-43(39)46)63-60(65-61)49-29-11-15-34-53(49)66-51-32-13-10-28-48(51)57-55(66)38-42-21-4-8-26-45(42)58(57)67-52-33-14-9-27-47(52)56-44-25-7-3-19-40(44)35-36-54(56)67/h2-36,38,60H,37H2,1H3,(H,63,64,65). The van der Waals surface area contributed by atoms with E-state index < -0.39 is 11.6 Å². The van der Waals surface area contributed by atoms with Crippen molar-refractivity contribution < 1.29 is 0 Å². The highest BCUT2D eigenvalue weighted by atomic mass is 15.2. The summed E-state index contributed by atoms with van der Waals surface area (Å²) in [5, 5.41) is 16.1. The van der Waals surface area contributed by atoms with E-state index in [4.69, 9.17) is 9.98 Å². The predicted molar refractivity (Wildman–Crippen MR) is 281 cm³/mol. The number of fused-ring (bicyclic) bond motifs is 11. The Balaban J connectivity index is 1.05. The quantitative estimate of drug-likeness (QED) is 0.184. The van der Waals surface area contributed by atoms with E-state index in [9.17, 15) is 0 Å². The lowest BCUT2D eigenvalue weighted by molar-refractivity contribution is 0.570. The van der Waals surface area contributed by atoms with Gasteiger partial charge in [-0.3, -0.25) is 0 Å². The summed E-state index contributed by atoms with van der Waals surface area (Å²) >= 11 is 0. The van der Waals surface area contributed by atoms with Crippen LogP contribution in [0, 0.1) is 0 Å². The Morgan fingerprint density at radius 1 is 0.507 bits per heavy atom. The molecule has 12 aromatic rings. The molecule has 0 fully saturated rings. The topological polar surface area (TPSA) is 46.6 Å². The molecule has 316 valence electrons. The van der Waals surface area contributed by atoms with E-state index in [1.165, 1.54) is 70.9 Å². The van der Waals surface area contributed by atoms with E-state index in [0.29, 0.717) is 0 Å². The minimum absolute atomic E-state index is 0.418. The zero-order chi connectivity index (χ0) is 44.2. The number of nitrogens with one attached hydrogen (secondary N) is 1. The van der Waals surface area contributed by atoms with Gasteiger partial charge in [-0.1, -0.05) is 188 Å². The molecule has 14 rings (SSSR count). The van der Waals surface area contributed by atoms with Gasteiger partial charge in [0.15, 0.2) is 5.84 Å². The largest absolute Gasteiger partial charge is 0.347 e. The van der Waals surface area contributed by atoms with E-state index in [2.05, 4.69) is 240 Å². The van der Waals surface area contributed by atoms with Gasteiger partial charge in [-0.2, -0.15) is 0 Å². The first kappa shape index (κ1) is 37.8. The van der Waals surface area contributed by atoms with Crippen LogP contribution in [0.4, 0.5) is 0 Å². The van der Waals surface area contributed by atoms with E-state index in [1.54, 1.807) is 0 Å². The lowest BCUT2D eigenvalue weighted by Crippen LogP contribution is -2.47. The number of allylic oxidation sites excluding steroid dienone is 1. The molecule has 0 amide bonds. The van der Waals surface area contributed by atoms with Crippen molar-refractivity contribution in [3.8, 4) is 11.4 Å². The van der Waals surface area contributed by atoms with Gasteiger partial charge in [0.2, 0.25) is 0 Å². The van der Waals surface area contributed by atoms with Crippen LogP contribution in [0.3, 0.4) is 0 Å². The van der Waals surface area contributed by atoms with E-state index in [1.807, 2.05) is 0 Å². The second kappa shape index (κ2) is 14.5. The fraction of sp³-hybridized carbons (Fsp3) is 0.0645. The van der Waals surface area contributed by atoms with Crippen LogP contribution in [0.15, 0.2) is 222 Å². The number of amidine groups is 2. The average molecular weight is 858 g/mol. The summed E-state index contributed by atoms with van der Waals surface area (Å²) in [5.41, 5.74) is 11.0. The lowest BCUT2D eigenvalue weighted by atomic mass is 9.73. The van der Waals surface area contributed by atoms with Crippen LogP contribution in [0.25, 0.3) is 93.4 Å². The van der Waals surface area contributed by atoms with Crippen LogP contribution in [-0.4, -0.2) is 20.8 Å². The predicted octanol–water partition coefficient (Wildman–Crippen LogP) is 15.2. The first-order valence-corrected chi connectivity index (χ1v) is 23.3. The molecule has 1 aliphatic heterocycles. The summed E-state index contributed by atoms with van der Waals surface area (Å²) < 4.78 is 5.02. The maximum atomic E-state index is 5.62. The van der Waals surface area contributed by atoms with Crippen LogP contribution in [-0.2, 0) is 5.41 Å². The molecule has 2 atom stereocenters. The van der Waals surface area contributed by atoms with Crippen molar-refractivity contribution in [3.63, 3.8) is 0 Å². The number of hydrogen-bond donors (Lipinski definition) is 1. The van der Waals surface area contributed by atoms with Crippen LogP contribution >= 0.6 is 0 Å². The van der Waals surface area contributed by atoms with Gasteiger partial charge in [-0.05, 0) is 81.7 Å². The Morgan fingerprint density at radius 2 is 1.13 bits per heavy atom. The molecule has 0 bridgehead atoms. The zero-order valence-electron chi connectivity index (χ0n) is 36.9. The smallest absolute Gasteiger partial charge is 0.159 e. The van der Waals surface area contributed by atoms with Crippen molar-refractivity contribution in [1.29, 1.82) is 0 Å². The maximum absolute atomic E-state index is 5.62.